The van der Waals surface area contributed by atoms with Crippen LogP contribution in [0.4, 0.5) is 0 Å². The molecule has 1 saturated carbocycles. The third kappa shape index (κ3) is 3.91. The Morgan fingerprint density at radius 1 is 1.10 bits per heavy atom. The quantitative estimate of drug-likeness (QED) is 0.400. The van der Waals surface area contributed by atoms with Gasteiger partial charge in [0.05, 0.1) is 22.3 Å². The van der Waals surface area contributed by atoms with E-state index in [0.717, 1.165) is 35.5 Å². The molecule has 3 rings (SSSR count). The van der Waals surface area contributed by atoms with Crippen molar-refractivity contribution in [2.24, 2.45) is 17.3 Å². The Labute approximate surface area is 183 Å². The third-order valence-electron chi connectivity index (χ3n) is 7.36. The molecule has 0 amide bonds. The number of fused-ring (bicyclic) bond motifs is 1. The highest BCUT2D eigenvalue weighted by Crippen LogP contribution is 2.58. The minimum Gasteiger partial charge on any atom is -0.497 e. The molecule has 164 valence electrons. The normalized spacial score (nSPS) is 29.0. The number of rotatable bonds is 4. The molecule has 0 N–H and O–H groups in total. The number of carbonyl (C=O) groups is 1. The zero-order valence-corrected chi connectivity index (χ0v) is 21.0. The molecule has 1 aromatic rings. The Kier molecular flexibility index (Phi) is 6.12. The Morgan fingerprint density at radius 3 is 2.33 bits per heavy atom. The van der Waals surface area contributed by atoms with Crippen LogP contribution in [0.2, 0.25) is 25.2 Å². The van der Waals surface area contributed by atoms with Crippen molar-refractivity contribution in [3.8, 4) is 11.5 Å². The average Bonchev–Trinajstić information content (AvgIpc) is 2.81. The molecule has 30 heavy (non-hydrogen) atoms. The molecular formula is C26H38O3Si. The van der Waals surface area contributed by atoms with Crippen LogP contribution < -0.4 is 9.47 Å². The second-order valence-electron chi connectivity index (χ2n) is 10.8. The number of ether oxygens (including phenoxy) is 2. The fourth-order valence-corrected chi connectivity index (χ4v) is 7.59. The fourth-order valence-electron chi connectivity index (χ4n) is 5.44. The zero-order valence-electron chi connectivity index (χ0n) is 20.0. The van der Waals surface area contributed by atoms with Gasteiger partial charge >= 0.3 is 0 Å². The Hall–Kier alpha value is -1.81. The largest absolute Gasteiger partial charge is 0.497 e. The molecule has 2 unspecified atom stereocenters. The van der Waals surface area contributed by atoms with Gasteiger partial charge in [-0.1, -0.05) is 64.2 Å². The lowest BCUT2D eigenvalue weighted by Crippen LogP contribution is -2.47. The second kappa shape index (κ2) is 8.03. The van der Waals surface area contributed by atoms with E-state index in [1.165, 1.54) is 5.57 Å². The van der Waals surface area contributed by atoms with E-state index in [1.807, 2.05) is 18.2 Å². The SMILES string of the molecule is C=C1[C@H](C)CC=C2C(C(=O)C([Si](C)(C)C)CC2(C)C)[C@@H]1c1cc(OC)ccc1OC. The average molecular weight is 427 g/mol. The van der Waals surface area contributed by atoms with Crippen molar-refractivity contribution in [2.45, 2.75) is 64.7 Å². The monoisotopic (exact) mass is 426 g/mol. The van der Waals surface area contributed by atoms with Gasteiger partial charge in [0.1, 0.15) is 17.3 Å². The first-order valence-electron chi connectivity index (χ1n) is 11.1. The number of hydrogen-bond donors (Lipinski definition) is 0. The van der Waals surface area contributed by atoms with Crippen molar-refractivity contribution in [2.75, 3.05) is 14.2 Å². The number of methoxy groups -OCH3 is 2. The molecule has 0 heterocycles. The number of ketones is 1. The summed E-state index contributed by atoms with van der Waals surface area (Å²) in [7, 11) is 1.70. The lowest BCUT2D eigenvalue weighted by Gasteiger charge is -2.48. The molecule has 0 spiro atoms. The van der Waals surface area contributed by atoms with Crippen LogP contribution in [0.1, 0.15) is 45.1 Å². The topological polar surface area (TPSA) is 35.5 Å². The van der Waals surface area contributed by atoms with E-state index in [9.17, 15) is 4.79 Å². The number of carbonyl (C=O) groups excluding carboxylic acids is 1. The summed E-state index contributed by atoms with van der Waals surface area (Å²) in [5.41, 5.74) is 3.58. The standard InChI is InChI=1S/C26H38O3Si/c1-16-10-12-20-24(25(27)22(30(7,8)9)15-26(20,3)4)23(17(16)2)19-14-18(28-5)11-13-21(19)29-6/h11-14,16,22-24H,2,10,15H2,1,3-9H3/t16-,22?,23+,24?/m1/s1. The maximum absolute atomic E-state index is 14.1. The van der Waals surface area contributed by atoms with Crippen molar-refractivity contribution in [3.63, 3.8) is 0 Å². The second-order valence-corrected chi connectivity index (χ2v) is 16.3. The van der Waals surface area contributed by atoms with E-state index in [2.05, 4.69) is 53.1 Å². The Morgan fingerprint density at radius 2 is 1.77 bits per heavy atom. The van der Waals surface area contributed by atoms with Crippen LogP contribution in [-0.4, -0.2) is 28.1 Å². The van der Waals surface area contributed by atoms with Gasteiger partial charge in [0.25, 0.3) is 0 Å². The van der Waals surface area contributed by atoms with Crippen LogP contribution in [0.25, 0.3) is 0 Å². The minimum absolute atomic E-state index is 0.00177. The summed E-state index contributed by atoms with van der Waals surface area (Å²) in [4.78, 5) is 14.1. The molecule has 1 aromatic carbocycles. The maximum Gasteiger partial charge on any atom is 0.141 e. The summed E-state index contributed by atoms with van der Waals surface area (Å²) in [6.45, 7) is 18.4. The van der Waals surface area contributed by atoms with E-state index in [1.54, 1.807) is 14.2 Å². The lowest BCUT2D eigenvalue weighted by atomic mass is 9.61. The van der Waals surface area contributed by atoms with Crippen molar-refractivity contribution in [1.29, 1.82) is 0 Å². The van der Waals surface area contributed by atoms with Crippen molar-refractivity contribution in [3.05, 3.63) is 47.6 Å². The predicted molar refractivity (Wildman–Crippen MR) is 127 cm³/mol. The van der Waals surface area contributed by atoms with Gasteiger partial charge in [-0.25, -0.2) is 0 Å². The number of Topliss-reactive ketones (excluding diaryl/α,β-unsaturated/α-hetero) is 1. The van der Waals surface area contributed by atoms with Gasteiger partial charge in [0, 0.05) is 22.9 Å². The van der Waals surface area contributed by atoms with Crippen LogP contribution in [0.15, 0.2) is 42.0 Å². The van der Waals surface area contributed by atoms with Gasteiger partial charge in [0.2, 0.25) is 0 Å². The van der Waals surface area contributed by atoms with Gasteiger partial charge in [-0.05, 0) is 42.4 Å². The van der Waals surface area contributed by atoms with Crippen LogP contribution >= 0.6 is 0 Å². The Balaban J connectivity index is 2.26. The first kappa shape index (κ1) is 22.9. The molecular weight excluding hydrogens is 388 g/mol. The molecule has 2 aliphatic rings. The van der Waals surface area contributed by atoms with E-state index in [-0.39, 0.29) is 22.8 Å². The zero-order chi connectivity index (χ0) is 22.4. The summed E-state index contributed by atoms with van der Waals surface area (Å²) in [6, 6.07) is 5.91. The van der Waals surface area contributed by atoms with E-state index in [4.69, 9.17) is 9.47 Å². The van der Waals surface area contributed by atoms with Crippen LogP contribution in [-0.2, 0) is 4.79 Å². The molecule has 4 atom stereocenters. The molecule has 1 fully saturated rings. The molecule has 0 bridgehead atoms. The minimum atomic E-state index is -1.67. The van der Waals surface area contributed by atoms with Gasteiger partial charge in [-0.2, -0.15) is 0 Å². The third-order valence-corrected chi connectivity index (χ3v) is 9.93. The van der Waals surface area contributed by atoms with Crippen LogP contribution in [0.5, 0.6) is 11.5 Å². The predicted octanol–water partition coefficient (Wildman–Crippen LogP) is 6.63. The number of benzene rings is 1. The molecule has 2 aliphatic carbocycles. The highest BCUT2D eigenvalue weighted by molar-refractivity contribution is 6.80. The molecule has 0 aromatic heterocycles. The first-order valence-corrected chi connectivity index (χ1v) is 14.6. The summed E-state index contributed by atoms with van der Waals surface area (Å²) >= 11 is 0. The molecule has 0 aliphatic heterocycles. The van der Waals surface area contributed by atoms with Crippen molar-refractivity contribution < 1.29 is 14.3 Å². The highest BCUT2D eigenvalue weighted by atomic mass is 28.3. The first-order chi connectivity index (χ1) is 13.9. The summed E-state index contributed by atoms with van der Waals surface area (Å²) in [5, 5.41) is 0. The van der Waals surface area contributed by atoms with Crippen molar-refractivity contribution >= 4 is 13.9 Å². The van der Waals surface area contributed by atoms with Crippen LogP contribution in [0.3, 0.4) is 0 Å². The van der Waals surface area contributed by atoms with E-state index < -0.39 is 8.07 Å². The van der Waals surface area contributed by atoms with Crippen molar-refractivity contribution in [1.82, 2.24) is 0 Å². The van der Waals surface area contributed by atoms with Gasteiger partial charge in [-0.15, -0.1) is 0 Å². The van der Waals surface area contributed by atoms with E-state index >= 15 is 0 Å². The van der Waals surface area contributed by atoms with E-state index in [0.29, 0.717) is 11.7 Å². The maximum atomic E-state index is 14.1. The summed E-state index contributed by atoms with van der Waals surface area (Å²) in [5.74, 6) is 2.03. The van der Waals surface area contributed by atoms with Crippen LogP contribution in [0, 0.1) is 17.3 Å². The van der Waals surface area contributed by atoms with Gasteiger partial charge in [-0.3, -0.25) is 4.79 Å². The lowest BCUT2D eigenvalue weighted by molar-refractivity contribution is -0.124. The van der Waals surface area contributed by atoms with Gasteiger partial charge < -0.3 is 9.47 Å². The molecule has 4 heteroatoms. The number of hydrogen-bond acceptors (Lipinski definition) is 3. The highest BCUT2D eigenvalue weighted by Gasteiger charge is 2.52. The molecule has 3 nitrogen and oxygen atoms in total. The molecule has 0 saturated heterocycles. The Bertz CT molecular complexity index is 875. The number of allylic oxidation sites excluding steroid dienone is 3. The fraction of sp³-hybridized carbons (Fsp3) is 0.577. The molecule has 0 radical (unpaired) electrons. The smallest absolute Gasteiger partial charge is 0.141 e. The summed E-state index contributed by atoms with van der Waals surface area (Å²) in [6.07, 6.45) is 4.24. The van der Waals surface area contributed by atoms with Gasteiger partial charge in [0.15, 0.2) is 0 Å². The summed E-state index contributed by atoms with van der Waals surface area (Å²) < 4.78 is 11.3.